The molecular weight excluding hydrogens is 528 g/mol. The van der Waals surface area contributed by atoms with Crippen LogP contribution in [0.5, 0.6) is 0 Å². The second kappa shape index (κ2) is 9.23. The number of amides is 1. The van der Waals surface area contributed by atoms with Crippen molar-refractivity contribution in [3.63, 3.8) is 0 Å². The molecule has 0 radical (unpaired) electrons. The Morgan fingerprint density at radius 1 is 1.08 bits per heavy atom. The maximum atomic E-state index is 15.3. The Labute approximate surface area is 226 Å². The topological polar surface area (TPSA) is 109 Å². The molecule has 1 unspecified atom stereocenters. The first kappa shape index (κ1) is 23.9. The van der Waals surface area contributed by atoms with Gasteiger partial charge in [0.25, 0.3) is 0 Å². The zero-order valence-electron chi connectivity index (χ0n) is 20.6. The van der Waals surface area contributed by atoms with Gasteiger partial charge in [0.05, 0.1) is 28.6 Å². The molecule has 1 aromatic carbocycles. The third-order valence-electron chi connectivity index (χ3n) is 7.73. The molecule has 39 heavy (non-hydrogen) atoms. The van der Waals surface area contributed by atoms with Crippen LogP contribution in [0.3, 0.4) is 0 Å². The van der Waals surface area contributed by atoms with Crippen molar-refractivity contribution in [3.8, 4) is 16.9 Å². The van der Waals surface area contributed by atoms with E-state index < -0.39 is 5.82 Å². The first-order chi connectivity index (χ1) is 19.0. The normalized spacial score (nSPS) is 20.7. The summed E-state index contributed by atoms with van der Waals surface area (Å²) in [4.78, 5) is 29.1. The van der Waals surface area contributed by atoms with Crippen LogP contribution in [0, 0.1) is 11.6 Å². The number of halogens is 3. The van der Waals surface area contributed by atoms with Gasteiger partial charge in [0, 0.05) is 42.5 Å². The predicted octanol–water partition coefficient (Wildman–Crippen LogP) is 4.11. The highest BCUT2D eigenvalue weighted by Crippen LogP contribution is 2.44. The maximum Gasteiger partial charge on any atom is 0.247 e. The molecule has 2 atom stereocenters. The molecule has 198 valence electrons. The van der Waals surface area contributed by atoms with E-state index in [1.807, 2.05) is 4.90 Å². The van der Waals surface area contributed by atoms with Gasteiger partial charge in [0.15, 0.2) is 17.5 Å². The minimum absolute atomic E-state index is 0.0503. The van der Waals surface area contributed by atoms with Crippen LogP contribution in [0.15, 0.2) is 43.0 Å². The molecular formula is C26H22ClF2N9O. The highest BCUT2D eigenvalue weighted by atomic mass is 35.5. The van der Waals surface area contributed by atoms with Gasteiger partial charge in [-0.1, -0.05) is 11.6 Å². The quantitative estimate of drug-likeness (QED) is 0.399. The lowest BCUT2D eigenvalue weighted by Crippen LogP contribution is -2.39. The molecule has 0 bridgehead atoms. The molecule has 10 nitrogen and oxygen atoms in total. The number of tetrazole rings is 1. The summed E-state index contributed by atoms with van der Waals surface area (Å²) in [5, 5.41) is 11.1. The molecule has 4 aromatic rings. The third-order valence-corrected chi connectivity index (χ3v) is 8.02. The van der Waals surface area contributed by atoms with Crippen LogP contribution in [0.4, 0.5) is 14.6 Å². The minimum atomic E-state index is -0.626. The number of hydrogen-bond acceptors (Lipinski definition) is 7. The number of carbonyl (C=O) groups is 1. The fourth-order valence-electron chi connectivity index (χ4n) is 5.74. The number of anilines is 1. The third kappa shape index (κ3) is 3.89. The van der Waals surface area contributed by atoms with Gasteiger partial charge in [-0.15, -0.1) is 5.10 Å². The van der Waals surface area contributed by atoms with Crippen LogP contribution < -0.4 is 4.90 Å². The summed E-state index contributed by atoms with van der Waals surface area (Å²) >= 11 is 6.12. The molecule has 13 heteroatoms. The molecule has 1 N–H and O–H groups in total. The molecule has 3 aromatic heterocycles. The van der Waals surface area contributed by atoms with Gasteiger partial charge in [-0.25, -0.2) is 18.7 Å². The standard InChI is InChI=1S/C26H22ClF2N9O/c27-17-3-5-19(37-13-32-34-35-37)22(24(17)29)14-10-15-2-4-20(38(15)21(39)11-14)25-31-12-18(33-25)16-6-7-30-26(23(16)28)36-8-1-9-36/h3,5-7,11-13,15,20H,1-2,4,8-10H2,(H,31,33)/t15-,20?/m1/s1. The smallest absolute Gasteiger partial charge is 0.247 e. The number of nitrogens with one attached hydrogen (secondary N) is 1. The summed E-state index contributed by atoms with van der Waals surface area (Å²) in [6.45, 7) is 1.57. The van der Waals surface area contributed by atoms with E-state index >= 15 is 8.78 Å². The van der Waals surface area contributed by atoms with Crippen molar-refractivity contribution in [1.82, 2.24) is 40.1 Å². The van der Waals surface area contributed by atoms with Gasteiger partial charge < -0.3 is 14.8 Å². The number of aromatic amines is 1. The number of rotatable bonds is 5. The highest BCUT2D eigenvalue weighted by Gasteiger charge is 2.42. The molecule has 0 aliphatic carbocycles. The number of nitrogens with zero attached hydrogens (tertiary/aromatic N) is 8. The molecule has 3 aliphatic heterocycles. The van der Waals surface area contributed by atoms with E-state index in [9.17, 15) is 4.79 Å². The van der Waals surface area contributed by atoms with Gasteiger partial charge in [-0.2, -0.15) is 4.68 Å². The number of aromatic nitrogens is 7. The van der Waals surface area contributed by atoms with Crippen molar-refractivity contribution in [1.29, 1.82) is 0 Å². The van der Waals surface area contributed by atoms with Crippen LogP contribution in [0.25, 0.3) is 22.5 Å². The summed E-state index contributed by atoms with van der Waals surface area (Å²) in [7, 11) is 0. The van der Waals surface area contributed by atoms with Crippen molar-refractivity contribution in [2.75, 3.05) is 18.0 Å². The molecule has 0 spiro atoms. The van der Waals surface area contributed by atoms with E-state index in [4.69, 9.17) is 11.6 Å². The monoisotopic (exact) mass is 549 g/mol. The van der Waals surface area contributed by atoms with Crippen LogP contribution in [0.1, 0.15) is 43.1 Å². The highest BCUT2D eigenvalue weighted by molar-refractivity contribution is 6.31. The fraction of sp³-hybridized carbons (Fsp3) is 0.308. The molecule has 7 rings (SSSR count). The first-order valence-electron chi connectivity index (χ1n) is 12.7. The number of H-pyrrole nitrogens is 1. The average molecular weight is 550 g/mol. The van der Waals surface area contributed by atoms with Gasteiger partial charge in [-0.3, -0.25) is 4.79 Å². The Kier molecular flexibility index (Phi) is 5.65. The lowest BCUT2D eigenvalue weighted by molar-refractivity contribution is -0.129. The van der Waals surface area contributed by atoms with Crippen molar-refractivity contribution in [2.45, 2.75) is 37.8 Å². The molecule has 3 aliphatic rings. The SMILES string of the molecule is O=C1C=C(c2c(-n3cnnn3)ccc(Cl)c2F)C[C@H]2CCC(c3ncc(-c4ccnc(N5CCC5)c4F)[nH]3)N12. The van der Waals surface area contributed by atoms with E-state index in [0.717, 1.165) is 19.5 Å². The number of benzene rings is 1. The van der Waals surface area contributed by atoms with Crippen LogP contribution in [-0.2, 0) is 4.79 Å². The zero-order chi connectivity index (χ0) is 26.7. The van der Waals surface area contributed by atoms with E-state index in [0.29, 0.717) is 53.4 Å². The first-order valence-corrected chi connectivity index (χ1v) is 13.1. The second-order valence-corrected chi connectivity index (χ2v) is 10.3. The van der Waals surface area contributed by atoms with Crippen LogP contribution in [0.2, 0.25) is 5.02 Å². The van der Waals surface area contributed by atoms with Gasteiger partial charge >= 0.3 is 0 Å². The number of hydrogen-bond donors (Lipinski definition) is 1. The van der Waals surface area contributed by atoms with Gasteiger partial charge in [0.2, 0.25) is 5.91 Å². The Morgan fingerprint density at radius 3 is 2.72 bits per heavy atom. The summed E-state index contributed by atoms with van der Waals surface area (Å²) in [6.07, 6.45) is 8.82. The van der Waals surface area contributed by atoms with Crippen molar-refractivity contribution < 1.29 is 13.6 Å². The average Bonchev–Trinajstić information content (AvgIpc) is 3.66. The summed E-state index contributed by atoms with van der Waals surface area (Å²) in [6, 6.07) is 4.22. The van der Waals surface area contributed by atoms with Crippen LogP contribution in [-0.4, -0.2) is 65.1 Å². The minimum Gasteiger partial charge on any atom is -0.354 e. The molecule has 6 heterocycles. The number of carbonyl (C=O) groups excluding carboxylic acids is 1. The van der Waals surface area contributed by atoms with E-state index in [2.05, 4.69) is 30.5 Å². The van der Waals surface area contributed by atoms with E-state index in [1.54, 1.807) is 29.4 Å². The number of pyridine rings is 1. The Morgan fingerprint density at radius 2 is 1.95 bits per heavy atom. The lowest BCUT2D eigenvalue weighted by Gasteiger charge is -2.33. The summed E-state index contributed by atoms with van der Waals surface area (Å²) in [5.41, 5.74) is 2.06. The number of imidazole rings is 1. The van der Waals surface area contributed by atoms with E-state index in [-0.39, 0.29) is 34.4 Å². The Bertz CT molecular complexity index is 1620. The summed E-state index contributed by atoms with van der Waals surface area (Å²) < 4.78 is 31.9. The maximum absolute atomic E-state index is 15.3. The summed E-state index contributed by atoms with van der Waals surface area (Å²) in [5.74, 6) is -0.338. The zero-order valence-corrected chi connectivity index (χ0v) is 21.3. The molecule has 0 saturated carbocycles. The second-order valence-electron chi connectivity index (χ2n) is 9.89. The van der Waals surface area contributed by atoms with Gasteiger partial charge in [0.1, 0.15) is 12.2 Å². The Hall–Kier alpha value is -4.19. The van der Waals surface area contributed by atoms with Crippen LogP contribution >= 0.6 is 11.6 Å². The molecule has 1 amide bonds. The van der Waals surface area contributed by atoms with E-state index in [1.165, 1.54) is 23.2 Å². The fourth-order valence-corrected chi connectivity index (χ4v) is 5.89. The largest absolute Gasteiger partial charge is 0.354 e. The van der Waals surface area contributed by atoms with Gasteiger partial charge in [-0.05, 0) is 59.9 Å². The van der Waals surface area contributed by atoms with Crippen molar-refractivity contribution in [3.05, 3.63) is 71.0 Å². The molecule has 2 fully saturated rings. The van der Waals surface area contributed by atoms with Crippen molar-refractivity contribution >= 4 is 28.9 Å². The van der Waals surface area contributed by atoms with Crippen molar-refractivity contribution in [2.24, 2.45) is 0 Å². The predicted molar refractivity (Wildman–Crippen MR) is 138 cm³/mol. The molecule has 2 saturated heterocycles. The lowest BCUT2D eigenvalue weighted by atomic mass is 9.92. The Balaban J connectivity index is 1.19. The number of fused-ring (bicyclic) bond motifs is 1.